The van der Waals surface area contributed by atoms with Crippen LogP contribution in [0, 0.1) is 34.0 Å². The van der Waals surface area contributed by atoms with Crippen LogP contribution in [0.1, 0.15) is 10.6 Å². The molecule has 0 unspecified atom stereocenters. The van der Waals surface area contributed by atoms with Crippen molar-refractivity contribution in [3.05, 3.63) is 58.6 Å². The Labute approximate surface area is 142 Å². The van der Waals surface area contributed by atoms with E-state index in [1.807, 2.05) is 0 Å². The van der Waals surface area contributed by atoms with Gasteiger partial charge in [-0.05, 0) is 30.3 Å². The average molecular weight is 338 g/mol. The number of nitrogens with one attached hydrogen (secondary N) is 2. The van der Waals surface area contributed by atoms with Crippen molar-refractivity contribution < 1.29 is 9.21 Å². The van der Waals surface area contributed by atoms with Crippen molar-refractivity contribution in [2.24, 2.45) is 0 Å². The van der Waals surface area contributed by atoms with Crippen LogP contribution in [0.15, 0.2) is 52.3 Å². The molecule has 0 spiro atoms. The lowest BCUT2D eigenvalue weighted by Crippen LogP contribution is -2.11. The van der Waals surface area contributed by atoms with Gasteiger partial charge in [-0.25, -0.2) is 0 Å². The highest BCUT2D eigenvalue weighted by atomic mass is 35.5. The van der Waals surface area contributed by atoms with E-state index in [9.17, 15) is 4.79 Å². The van der Waals surface area contributed by atoms with E-state index in [0.717, 1.165) is 0 Å². The zero-order chi connectivity index (χ0) is 17.5. The molecule has 0 aliphatic rings. The van der Waals surface area contributed by atoms with Gasteiger partial charge in [0, 0.05) is 5.69 Å². The first-order chi connectivity index (χ1) is 11.6. The highest BCUT2D eigenvalue weighted by Crippen LogP contribution is 2.27. The molecule has 7 nitrogen and oxygen atoms in total. The van der Waals surface area contributed by atoms with Crippen molar-refractivity contribution in [2.45, 2.75) is 0 Å². The Kier molecular flexibility index (Phi) is 5.20. The molecule has 116 valence electrons. The van der Waals surface area contributed by atoms with Crippen LogP contribution < -0.4 is 10.6 Å². The van der Waals surface area contributed by atoms with Gasteiger partial charge >= 0.3 is 0 Å². The van der Waals surface area contributed by atoms with Crippen LogP contribution in [-0.2, 0) is 0 Å². The summed E-state index contributed by atoms with van der Waals surface area (Å²) in [5.41, 5.74) is 0.190. The number of amides is 1. The van der Waals surface area contributed by atoms with Gasteiger partial charge in [0.15, 0.2) is 11.3 Å². The molecule has 2 N–H and O–H groups in total. The van der Waals surface area contributed by atoms with E-state index in [4.69, 9.17) is 31.8 Å². The predicted molar refractivity (Wildman–Crippen MR) is 85.6 cm³/mol. The second kappa shape index (κ2) is 7.51. The second-order valence-electron chi connectivity index (χ2n) is 4.34. The Morgan fingerprint density at radius 3 is 2.38 bits per heavy atom. The Hall–Kier alpha value is -3.73. The maximum atomic E-state index is 11.9. The largest absolute Gasteiger partial charge is 0.459 e. The van der Waals surface area contributed by atoms with E-state index < -0.39 is 5.91 Å². The zero-order valence-corrected chi connectivity index (χ0v) is 12.8. The summed E-state index contributed by atoms with van der Waals surface area (Å²) in [6.45, 7) is 0. The van der Waals surface area contributed by atoms with Crippen molar-refractivity contribution in [3.63, 3.8) is 0 Å². The van der Waals surface area contributed by atoms with Crippen LogP contribution in [-0.4, -0.2) is 5.91 Å². The summed E-state index contributed by atoms with van der Waals surface area (Å²) in [5.74, 6) is -0.327. The van der Waals surface area contributed by atoms with Crippen LogP contribution in [0.5, 0.6) is 0 Å². The van der Waals surface area contributed by atoms with Crippen LogP contribution in [0.2, 0.25) is 5.02 Å². The Balaban J connectivity index is 2.20. The third kappa shape index (κ3) is 3.72. The Morgan fingerprint density at radius 2 is 1.83 bits per heavy atom. The molecule has 8 heteroatoms. The molecule has 1 heterocycles. The van der Waals surface area contributed by atoms with E-state index in [2.05, 4.69) is 10.6 Å². The molecule has 24 heavy (non-hydrogen) atoms. The van der Waals surface area contributed by atoms with Gasteiger partial charge in [-0.15, -0.1) is 0 Å². The lowest BCUT2D eigenvalue weighted by Gasteiger charge is -2.09. The normalized spacial score (nSPS) is 9.08. The van der Waals surface area contributed by atoms with E-state index in [1.165, 1.54) is 30.5 Å². The first-order valence-corrected chi connectivity index (χ1v) is 6.83. The summed E-state index contributed by atoms with van der Waals surface area (Å²) < 4.78 is 4.98. The summed E-state index contributed by atoms with van der Waals surface area (Å²) >= 11 is 6.09. The van der Waals surface area contributed by atoms with Crippen LogP contribution in [0.4, 0.5) is 11.4 Å². The number of carbonyl (C=O) groups excluding carboxylic acids is 1. The summed E-state index contributed by atoms with van der Waals surface area (Å²) in [6, 6.07) is 12.6. The quantitative estimate of drug-likeness (QED) is 0.823. The number of benzene rings is 1. The fourth-order valence-electron chi connectivity index (χ4n) is 1.71. The van der Waals surface area contributed by atoms with Gasteiger partial charge in [0.25, 0.3) is 5.91 Å². The number of carbonyl (C=O) groups is 1. The molecule has 1 amide bonds. The van der Waals surface area contributed by atoms with Gasteiger partial charge in [-0.3, -0.25) is 4.79 Å². The third-order valence-corrected chi connectivity index (χ3v) is 3.13. The van der Waals surface area contributed by atoms with E-state index in [0.29, 0.717) is 11.4 Å². The molecule has 2 rings (SSSR count). The molecule has 1 aromatic carbocycles. The molecular formula is C16H8ClN5O2. The molecule has 0 aliphatic heterocycles. The average Bonchev–Trinajstić information content (AvgIpc) is 3.12. The number of nitrogens with zero attached hydrogens (tertiary/aromatic N) is 3. The van der Waals surface area contributed by atoms with Gasteiger partial charge in [0.1, 0.15) is 23.9 Å². The first kappa shape index (κ1) is 16.6. The lowest BCUT2D eigenvalue weighted by atomic mass is 10.2. The van der Waals surface area contributed by atoms with E-state index >= 15 is 0 Å². The smallest absolute Gasteiger partial charge is 0.291 e. The van der Waals surface area contributed by atoms with Gasteiger partial charge in [-0.1, -0.05) is 11.6 Å². The number of furan rings is 1. The SMILES string of the molecule is N#CC(C#N)=C(C#N)Nc1ccc(NC(=O)c2ccco2)c(Cl)c1. The number of allylic oxidation sites excluding steroid dienone is 2. The standard InChI is InChI=1S/C16H8ClN5O2/c17-12-6-11(21-14(9-20)10(7-18)8-19)3-4-13(12)22-16(23)15-2-1-5-24-15/h1-6,21H,(H,22,23). The molecule has 0 aliphatic carbocycles. The topological polar surface area (TPSA) is 126 Å². The third-order valence-electron chi connectivity index (χ3n) is 2.82. The summed E-state index contributed by atoms with van der Waals surface area (Å²) in [4.78, 5) is 11.9. The number of nitriles is 3. The molecule has 2 aromatic rings. The molecule has 0 fully saturated rings. The number of halogens is 1. The number of hydrogen-bond donors (Lipinski definition) is 2. The minimum Gasteiger partial charge on any atom is -0.459 e. The molecular weight excluding hydrogens is 330 g/mol. The van der Waals surface area contributed by atoms with Crippen LogP contribution in [0.3, 0.4) is 0 Å². The number of anilines is 2. The summed E-state index contributed by atoms with van der Waals surface area (Å²) in [7, 11) is 0. The highest BCUT2D eigenvalue weighted by Gasteiger charge is 2.12. The second-order valence-corrected chi connectivity index (χ2v) is 4.74. The maximum Gasteiger partial charge on any atom is 0.291 e. The van der Waals surface area contributed by atoms with Gasteiger partial charge in [0.2, 0.25) is 0 Å². The van der Waals surface area contributed by atoms with Gasteiger partial charge in [-0.2, -0.15) is 15.8 Å². The Morgan fingerprint density at radius 1 is 1.08 bits per heavy atom. The van der Waals surface area contributed by atoms with Crippen molar-refractivity contribution >= 4 is 28.9 Å². The van der Waals surface area contributed by atoms with Gasteiger partial charge in [0.05, 0.1) is 17.0 Å². The fourth-order valence-corrected chi connectivity index (χ4v) is 1.94. The van der Waals surface area contributed by atoms with E-state index in [1.54, 1.807) is 24.3 Å². The summed E-state index contributed by atoms with van der Waals surface area (Å²) in [5, 5.41) is 32.0. The van der Waals surface area contributed by atoms with Gasteiger partial charge < -0.3 is 15.1 Å². The fraction of sp³-hybridized carbons (Fsp3) is 0. The van der Waals surface area contributed by atoms with E-state index in [-0.39, 0.29) is 22.1 Å². The monoisotopic (exact) mass is 337 g/mol. The Bertz CT molecular complexity index is 911. The summed E-state index contributed by atoms with van der Waals surface area (Å²) in [6.07, 6.45) is 1.38. The molecule has 0 bridgehead atoms. The molecule has 1 aromatic heterocycles. The highest BCUT2D eigenvalue weighted by molar-refractivity contribution is 6.34. The van der Waals surface area contributed by atoms with Crippen molar-refractivity contribution in [1.82, 2.24) is 0 Å². The molecule has 0 saturated heterocycles. The van der Waals surface area contributed by atoms with Crippen molar-refractivity contribution in [3.8, 4) is 18.2 Å². The molecule has 0 atom stereocenters. The lowest BCUT2D eigenvalue weighted by molar-refractivity contribution is 0.0996. The number of rotatable bonds is 4. The zero-order valence-electron chi connectivity index (χ0n) is 12.0. The van der Waals surface area contributed by atoms with Crippen molar-refractivity contribution in [2.75, 3.05) is 10.6 Å². The minimum absolute atomic E-state index is 0.135. The molecule has 0 radical (unpaired) electrons. The maximum absolute atomic E-state index is 11.9. The van der Waals surface area contributed by atoms with Crippen molar-refractivity contribution in [1.29, 1.82) is 15.8 Å². The van der Waals surface area contributed by atoms with Crippen LogP contribution >= 0.6 is 11.6 Å². The number of hydrogen-bond acceptors (Lipinski definition) is 6. The predicted octanol–water partition coefficient (Wildman–Crippen LogP) is 3.42. The minimum atomic E-state index is -0.462. The molecule has 0 saturated carbocycles. The van der Waals surface area contributed by atoms with Crippen LogP contribution in [0.25, 0.3) is 0 Å². The first-order valence-electron chi connectivity index (χ1n) is 6.45.